The number of para-hydroxylation sites is 1. The molecule has 1 unspecified atom stereocenters. The number of nitrogens with one attached hydrogen (secondary N) is 1. The molecule has 0 heterocycles. The number of ether oxygens (including phenoxy) is 2. The number of hydrogen-bond donors (Lipinski definition) is 2. The van der Waals surface area contributed by atoms with Crippen LogP contribution in [-0.4, -0.2) is 20.8 Å². The predicted octanol–water partition coefficient (Wildman–Crippen LogP) is 3.58. The third-order valence-corrected chi connectivity index (χ3v) is 3.70. The quantitative estimate of drug-likeness (QED) is 0.835. The Morgan fingerprint density at radius 1 is 1.14 bits per heavy atom. The molecule has 0 fully saturated rings. The molecule has 2 aromatic carbocycles. The second kappa shape index (κ2) is 7.33. The second-order valence-electron chi connectivity index (χ2n) is 4.53. The van der Waals surface area contributed by atoms with E-state index in [0.29, 0.717) is 18.0 Å². The van der Waals surface area contributed by atoms with Crippen LogP contribution in [0.15, 0.2) is 46.9 Å². The van der Waals surface area contributed by atoms with Crippen molar-refractivity contribution in [2.24, 2.45) is 5.73 Å². The highest BCUT2D eigenvalue weighted by molar-refractivity contribution is 9.10. The third kappa shape index (κ3) is 3.68. The normalized spacial score (nSPS) is 11.8. The van der Waals surface area contributed by atoms with Crippen LogP contribution in [0.5, 0.6) is 11.5 Å². The third-order valence-electron chi connectivity index (χ3n) is 3.21. The molecule has 4 nitrogen and oxygen atoms in total. The first-order chi connectivity index (χ1) is 10.2. The summed E-state index contributed by atoms with van der Waals surface area (Å²) in [4.78, 5) is 0. The Labute approximate surface area is 133 Å². The first-order valence-electron chi connectivity index (χ1n) is 6.62. The smallest absolute Gasteiger partial charge is 0.166 e. The fourth-order valence-corrected chi connectivity index (χ4v) is 2.63. The molecule has 5 heteroatoms. The lowest BCUT2D eigenvalue weighted by Gasteiger charge is -2.22. The Morgan fingerprint density at radius 2 is 1.90 bits per heavy atom. The molecule has 0 aliphatic heterocycles. The summed E-state index contributed by atoms with van der Waals surface area (Å²) < 4.78 is 11.8. The topological polar surface area (TPSA) is 56.5 Å². The van der Waals surface area contributed by atoms with E-state index in [1.54, 1.807) is 14.2 Å². The summed E-state index contributed by atoms with van der Waals surface area (Å²) in [6.45, 7) is 0.441. The van der Waals surface area contributed by atoms with E-state index < -0.39 is 0 Å². The van der Waals surface area contributed by atoms with Gasteiger partial charge < -0.3 is 20.5 Å². The van der Waals surface area contributed by atoms with Crippen LogP contribution in [-0.2, 0) is 0 Å². The van der Waals surface area contributed by atoms with Gasteiger partial charge in [-0.05, 0) is 24.3 Å². The van der Waals surface area contributed by atoms with E-state index in [1.165, 1.54) is 0 Å². The van der Waals surface area contributed by atoms with Crippen molar-refractivity contribution in [1.29, 1.82) is 0 Å². The van der Waals surface area contributed by atoms with Crippen LogP contribution in [0.25, 0.3) is 0 Å². The van der Waals surface area contributed by atoms with Gasteiger partial charge in [0.25, 0.3) is 0 Å². The monoisotopic (exact) mass is 350 g/mol. The highest BCUT2D eigenvalue weighted by Gasteiger charge is 2.18. The maximum atomic E-state index is 5.94. The standard InChI is InChI=1S/C16H19BrN2O2/c1-20-15-8-4-7-13(16(15)21-2)14(10-18)19-12-6-3-5-11(17)9-12/h3-9,14,19H,10,18H2,1-2H3. The van der Waals surface area contributed by atoms with Gasteiger partial charge in [-0.15, -0.1) is 0 Å². The lowest BCUT2D eigenvalue weighted by molar-refractivity contribution is 0.350. The summed E-state index contributed by atoms with van der Waals surface area (Å²) in [5.41, 5.74) is 7.90. The summed E-state index contributed by atoms with van der Waals surface area (Å²) in [5.74, 6) is 1.41. The SMILES string of the molecule is COc1cccc(C(CN)Nc2cccc(Br)c2)c1OC. The van der Waals surface area contributed by atoms with Crippen molar-refractivity contribution in [1.82, 2.24) is 0 Å². The lowest BCUT2D eigenvalue weighted by atomic mass is 10.0. The maximum absolute atomic E-state index is 5.94. The van der Waals surface area contributed by atoms with Gasteiger partial charge in [0.2, 0.25) is 0 Å². The molecule has 0 aliphatic rings. The van der Waals surface area contributed by atoms with Crippen molar-refractivity contribution in [2.75, 3.05) is 26.1 Å². The van der Waals surface area contributed by atoms with Crippen LogP contribution in [0.4, 0.5) is 5.69 Å². The van der Waals surface area contributed by atoms with E-state index in [9.17, 15) is 0 Å². The molecular formula is C16H19BrN2O2. The highest BCUT2D eigenvalue weighted by Crippen LogP contribution is 2.35. The molecule has 0 saturated heterocycles. The maximum Gasteiger partial charge on any atom is 0.166 e. The number of hydrogen-bond acceptors (Lipinski definition) is 4. The van der Waals surface area contributed by atoms with E-state index in [-0.39, 0.29) is 6.04 Å². The number of benzene rings is 2. The molecule has 0 amide bonds. The molecular weight excluding hydrogens is 332 g/mol. The van der Waals surface area contributed by atoms with Crippen molar-refractivity contribution in [3.63, 3.8) is 0 Å². The minimum atomic E-state index is -0.0654. The molecule has 0 aromatic heterocycles. The van der Waals surface area contributed by atoms with Crippen LogP contribution in [0.2, 0.25) is 0 Å². The van der Waals surface area contributed by atoms with Crippen LogP contribution < -0.4 is 20.5 Å². The molecule has 0 saturated carbocycles. The van der Waals surface area contributed by atoms with Crippen molar-refractivity contribution in [2.45, 2.75) is 6.04 Å². The summed E-state index contributed by atoms with van der Waals surface area (Å²) in [5, 5.41) is 3.42. The summed E-state index contributed by atoms with van der Waals surface area (Å²) >= 11 is 3.47. The summed E-state index contributed by atoms with van der Waals surface area (Å²) in [6.07, 6.45) is 0. The molecule has 2 rings (SSSR count). The van der Waals surface area contributed by atoms with Crippen LogP contribution in [0.1, 0.15) is 11.6 Å². The van der Waals surface area contributed by atoms with E-state index in [0.717, 1.165) is 15.7 Å². The van der Waals surface area contributed by atoms with Crippen LogP contribution in [0.3, 0.4) is 0 Å². The molecule has 112 valence electrons. The van der Waals surface area contributed by atoms with Gasteiger partial charge in [-0.3, -0.25) is 0 Å². The molecule has 1 atom stereocenters. The predicted molar refractivity (Wildman–Crippen MR) is 89.1 cm³/mol. The molecule has 2 aromatic rings. The number of rotatable bonds is 6. The van der Waals surface area contributed by atoms with Gasteiger partial charge >= 0.3 is 0 Å². The highest BCUT2D eigenvalue weighted by atomic mass is 79.9. The Balaban J connectivity index is 2.33. The minimum absolute atomic E-state index is 0.0654. The van der Waals surface area contributed by atoms with E-state index in [1.807, 2.05) is 42.5 Å². The first-order valence-corrected chi connectivity index (χ1v) is 7.42. The number of methoxy groups -OCH3 is 2. The molecule has 0 spiro atoms. The zero-order chi connectivity index (χ0) is 15.2. The Bertz CT molecular complexity index is 605. The lowest BCUT2D eigenvalue weighted by Crippen LogP contribution is -2.21. The average Bonchev–Trinajstić information content (AvgIpc) is 2.51. The van der Waals surface area contributed by atoms with Gasteiger partial charge in [0.05, 0.1) is 20.3 Å². The van der Waals surface area contributed by atoms with E-state index in [2.05, 4.69) is 21.2 Å². The first kappa shape index (κ1) is 15.7. The van der Waals surface area contributed by atoms with Gasteiger partial charge in [0.1, 0.15) is 0 Å². The number of nitrogens with two attached hydrogens (primary N) is 1. The molecule has 21 heavy (non-hydrogen) atoms. The molecule has 0 bridgehead atoms. The van der Waals surface area contributed by atoms with Gasteiger partial charge in [-0.2, -0.15) is 0 Å². The fourth-order valence-electron chi connectivity index (χ4n) is 2.23. The Kier molecular flexibility index (Phi) is 5.47. The van der Waals surface area contributed by atoms with Crippen LogP contribution >= 0.6 is 15.9 Å². The van der Waals surface area contributed by atoms with Gasteiger partial charge in [0, 0.05) is 22.3 Å². The largest absolute Gasteiger partial charge is 0.493 e. The van der Waals surface area contributed by atoms with Gasteiger partial charge in [-0.25, -0.2) is 0 Å². The zero-order valence-corrected chi connectivity index (χ0v) is 13.7. The average molecular weight is 351 g/mol. The van der Waals surface area contributed by atoms with Crippen LogP contribution in [0, 0.1) is 0 Å². The minimum Gasteiger partial charge on any atom is -0.493 e. The summed E-state index contributed by atoms with van der Waals surface area (Å²) in [6, 6.07) is 13.7. The number of halogens is 1. The fraction of sp³-hybridized carbons (Fsp3) is 0.250. The number of anilines is 1. The molecule has 0 aliphatic carbocycles. The van der Waals surface area contributed by atoms with Crippen molar-refractivity contribution >= 4 is 21.6 Å². The molecule has 0 radical (unpaired) electrons. The molecule has 3 N–H and O–H groups in total. The van der Waals surface area contributed by atoms with Gasteiger partial charge in [0.15, 0.2) is 11.5 Å². The summed E-state index contributed by atoms with van der Waals surface area (Å²) in [7, 11) is 3.26. The van der Waals surface area contributed by atoms with Gasteiger partial charge in [-0.1, -0.05) is 34.1 Å². The van der Waals surface area contributed by atoms with E-state index >= 15 is 0 Å². The van der Waals surface area contributed by atoms with Crippen molar-refractivity contribution < 1.29 is 9.47 Å². The second-order valence-corrected chi connectivity index (χ2v) is 5.44. The van der Waals surface area contributed by atoms with E-state index in [4.69, 9.17) is 15.2 Å². The zero-order valence-electron chi connectivity index (χ0n) is 12.1. The van der Waals surface area contributed by atoms with Crippen molar-refractivity contribution in [3.8, 4) is 11.5 Å². The Morgan fingerprint density at radius 3 is 2.52 bits per heavy atom. The Hall–Kier alpha value is -1.72. The van der Waals surface area contributed by atoms with Crippen molar-refractivity contribution in [3.05, 3.63) is 52.5 Å².